The van der Waals surface area contributed by atoms with Crippen molar-refractivity contribution in [3.05, 3.63) is 76.7 Å². The molecule has 1 N–H and O–H groups in total. The SMILES string of the molecule is C[Si](C)(C)CCOCn1nc(C(=O)Nc2cnn(Cc3ccccc3)c2)c2ccc(Br)cc21. The van der Waals surface area contributed by atoms with Gasteiger partial charge in [-0.2, -0.15) is 10.2 Å². The Labute approximate surface area is 202 Å². The van der Waals surface area contributed by atoms with E-state index in [0.29, 0.717) is 31.3 Å². The van der Waals surface area contributed by atoms with Crippen LogP contribution in [0.1, 0.15) is 16.1 Å². The van der Waals surface area contributed by atoms with E-state index < -0.39 is 8.07 Å². The second-order valence-electron chi connectivity index (χ2n) is 9.22. The fraction of sp³-hybridized carbons (Fsp3) is 0.292. The molecule has 2 aromatic heterocycles. The average molecular weight is 527 g/mol. The predicted octanol–water partition coefficient (Wildman–Crippen LogP) is 5.61. The molecule has 172 valence electrons. The topological polar surface area (TPSA) is 74.0 Å². The van der Waals surface area contributed by atoms with E-state index in [4.69, 9.17) is 4.74 Å². The van der Waals surface area contributed by atoms with Crippen LogP contribution in [-0.4, -0.2) is 40.1 Å². The van der Waals surface area contributed by atoms with E-state index in [-0.39, 0.29) is 5.91 Å². The minimum Gasteiger partial charge on any atom is -0.360 e. The van der Waals surface area contributed by atoms with Crippen LogP contribution in [0.3, 0.4) is 0 Å². The minimum absolute atomic E-state index is 0.276. The molecule has 0 spiro atoms. The van der Waals surface area contributed by atoms with Gasteiger partial charge in [-0.05, 0) is 29.8 Å². The van der Waals surface area contributed by atoms with Crippen LogP contribution in [0.15, 0.2) is 65.4 Å². The summed E-state index contributed by atoms with van der Waals surface area (Å²) in [6, 6.07) is 16.9. The molecular weight excluding hydrogens is 498 g/mol. The maximum atomic E-state index is 13.1. The van der Waals surface area contributed by atoms with Crippen LogP contribution in [0.25, 0.3) is 10.9 Å². The fourth-order valence-corrected chi connectivity index (χ4v) is 4.52. The van der Waals surface area contributed by atoms with Crippen LogP contribution in [0.4, 0.5) is 5.69 Å². The summed E-state index contributed by atoms with van der Waals surface area (Å²) in [4.78, 5) is 13.1. The Balaban J connectivity index is 1.49. The van der Waals surface area contributed by atoms with Crippen LogP contribution in [0.2, 0.25) is 25.7 Å². The maximum Gasteiger partial charge on any atom is 0.276 e. The number of aromatic nitrogens is 4. The largest absolute Gasteiger partial charge is 0.360 e. The normalized spacial score (nSPS) is 11.8. The number of halogens is 1. The Bertz CT molecular complexity index is 1250. The molecule has 4 aromatic rings. The van der Waals surface area contributed by atoms with Crippen molar-refractivity contribution in [3.8, 4) is 0 Å². The second-order valence-corrected chi connectivity index (χ2v) is 15.8. The molecule has 0 unspecified atom stereocenters. The Morgan fingerprint density at radius 1 is 1.15 bits per heavy atom. The molecule has 0 fully saturated rings. The summed E-state index contributed by atoms with van der Waals surface area (Å²) in [7, 11) is -1.17. The predicted molar refractivity (Wildman–Crippen MR) is 137 cm³/mol. The number of nitrogens with zero attached hydrogens (tertiary/aromatic N) is 4. The highest BCUT2D eigenvalue weighted by atomic mass is 79.9. The van der Waals surface area contributed by atoms with E-state index in [9.17, 15) is 4.79 Å². The van der Waals surface area contributed by atoms with Crippen LogP contribution in [0, 0.1) is 0 Å². The number of amides is 1. The van der Waals surface area contributed by atoms with E-state index >= 15 is 0 Å². The van der Waals surface area contributed by atoms with Crippen molar-refractivity contribution in [2.75, 3.05) is 11.9 Å². The van der Waals surface area contributed by atoms with Crippen molar-refractivity contribution >= 4 is 46.5 Å². The zero-order chi connectivity index (χ0) is 23.4. The van der Waals surface area contributed by atoms with Gasteiger partial charge in [0.1, 0.15) is 6.73 Å². The molecule has 0 aliphatic rings. The summed E-state index contributed by atoms with van der Waals surface area (Å²) in [6.07, 6.45) is 3.47. The first-order chi connectivity index (χ1) is 15.8. The highest BCUT2D eigenvalue weighted by molar-refractivity contribution is 9.10. The number of benzene rings is 2. The number of rotatable bonds is 9. The summed E-state index contributed by atoms with van der Waals surface area (Å²) in [5, 5.41) is 12.6. The van der Waals surface area contributed by atoms with Crippen LogP contribution in [-0.2, 0) is 18.0 Å². The minimum atomic E-state index is -1.17. The molecular formula is C24H28BrN5O2Si. The zero-order valence-corrected chi connectivity index (χ0v) is 21.7. The lowest BCUT2D eigenvalue weighted by Crippen LogP contribution is -2.22. The summed E-state index contributed by atoms with van der Waals surface area (Å²) < 4.78 is 10.4. The van der Waals surface area contributed by atoms with Gasteiger partial charge in [0, 0.05) is 30.7 Å². The van der Waals surface area contributed by atoms with E-state index in [0.717, 1.165) is 27.0 Å². The Hall–Kier alpha value is -2.75. The Morgan fingerprint density at radius 2 is 1.94 bits per heavy atom. The molecule has 0 radical (unpaired) electrons. The van der Waals surface area contributed by atoms with Gasteiger partial charge in [0.25, 0.3) is 5.91 Å². The first-order valence-corrected chi connectivity index (χ1v) is 15.4. The molecule has 0 aliphatic heterocycles. The molecule has 7 nitrogen and oxygen atoms in total. The maximum absolute atomic E-state index is 13.1. The molecule has 33 heavy (non-hydrogen) atoms. The van der Waals surface area contributed by atoms with Gasteiger partial charge >= 0.3 is 0 Å². The lowest BCUT2D eigenvalue weighted by atomic mass is 10.2. The van der Waals surface area contributed by atoms with Crippen molar-refractivity contribution in [2.45, 2.75) is 39.0 Å². The van der Waals surface area contributed by atoms with Crippen LogP contribution < -0.4 is 5.32 Å². The molecule has 2 heterocycles. The highest BCUT2D eigenvalue weighted by Gasteiger charge is 2.19. The summed E-state index contributed by atoms with van der Waals surface area (Å²) >= 11 is 3.52. The van der Waals surface area contributed by atoms with Crippen molar-refractivity contribution in [3.63, 3.8) is 0 Å². The molecule has 9 heteroatoms. The van der Waals surface area contributed by atoms with E-state index in [1.807, 2.05) is 54.7 Å². The van der Waals surface area contributed by atoms with Gasteiger partial charge in [-0.15, -0.1) is 0 Å². The Kier molecular flexibility index (Phi) is 7.11. The van der Waals surface area contributed by atoms with Gasteiger partial charge in [-0.3, -0.25) is 9.48 Å². The van der Waals surface area contributed by atoms with Crippen LogP contribution in [0.5, 0.6) is 0 Å². The first-order valence-electron chi connectivity index (χ1n) is 10.9. The summed E-state index contributed by atoms with van der Waals surface area (Å²) in [6.45, 7) is 8.59. The summed E-state index contributed by atoms with van der Waals surface area (Å²) in [5.41, 5.74) is 2.98. The standard InChI is InChI=1S/C24H28BrN5O2Si/c1-33(2,3)12-11-32-17-30-22-13-19(25)9-10-21(22)23(28-30)24(31)27-20-14-26-29(16-20)15-18-7-5-4-6-8-18/h4-10,13-14,16H,11-12,15,17H2,1-3H3,(H,27,31). The molecule has 0 saturated heterocycles. The van der Waals surface area contributed by atoms with Gasteiger partial charge in [0.15, 0.2) is 5.69 Å². The second kappa shape index (κ2) is 10.0. The number of carbonyl (C=O) groups is 1. The number of hydrogen-bond donors (Lipinski definition) is 1. The third kappa shape index (κ3) is 6.19. The van der Waals surface area contributed by atoms with Gasteiger partial charge in [-0.1, -0.05) is 65.9 Å². The van der Waals surface area contributed by atoms with Crippen molar-refractivity contribution < 1.29 is 9.53 Å². The number of hydrogen-bond acceptors (Lipinski definition) is 4. The quantitative estimate of drug-likeness (QED) is 0.227. The smallest absolute Gasteiger partial charge is 0.276 e. The van der Waals surface area contributed by atoms with Gasteiger partial charge in [-0.25, -0.2) is 4.68 Å². The molecule has 1 amide bonds. The van der Waals surface area contributed by atoms with Gasteiger partial charge in [0.05, 0.1) is 23.9 Å². The number of fused-ring (bicyclic) bond motifs is 1. The van der Waals surface area contributed by atoms with Crippen molar-refractivity contribution in [2.24, 2.45) is 0 Å². The molecule has 0 atom stereocenters. The van der Waals surface area contributed by atoms with Crippen molar-refractivity contribution in [1.82, 2.24) is 19.6 Å². The molecule has 0 saturated carbocycles. The third-order valence-corrected chi connectivity index (χ3v) is 7.41. The first kappa shape index (κ1) is 23.4. The third-order valence-electron chi connectivity index (χ3n) is 5.22. The van der Waals surface area contributed by atoms with Gasteiger partial charge < -0.3 is 10.1 Å². The molecule has 0 aliphatic carbocycles. The number of anilines is 1. The fourth-order valence-electron chi connectivity index (χ4n) is 3.42. The average Bonchev–Trinajstić information content (AvgIpc) is 3.35. The highest BCUT2D eigenvalue weighted by Crippen LogP contribution is 2.24. The Morgan fingerprint density at radius 3 is 2.70 bits per heavy atom. The molecule has 2 aromatic carbocycles. The lowest BCUT2D eigenvalue weighted by molar-refractivity contribution is 0.0809. The van der Waals surface area contributed by atoms with Gasteiger partial charge in [0.2, 0.25) is 0 Å². The number of carbonyl (C=O) groups excluding carboxylic acids is 1. The summed E-state index contributed by atoms with van der Waals surface area (Å²) in [5.74, 6) is -0.276. The van der Waals surface area contributed by atoms with E-state index in [1.165, 1.54) is 0 Å². The van der Waals surface area contributed by atoms with Crippen molar-refractivity contribution in [1.29, 1.82) is 0 Å². The van der Waals surface area contributed by atoms with E-state index in [2.05, 4.69) is 51.1 Å². The molecule has 0 bridgehead atoms. The van der Waals surface area contributed by atoms with E-state index in [1.54, 1.807) is 15.6 Å². The zero-order valence-electron chi connectivity index (χ0n) is 19.1. The van der Waals surface area contributed by atoms with Crippen LogP contribution >= 0.6 is 15.9 Å². The molecule has 4 rings (SSSR count). The number of ether oxygens (including phenoxy) is 1. The monoisotopic (exact) mass is 525 g/mol. The lowest BCUT2D eigenvalue weighted by Gasteiger charge is -2.15. The number of nitrogens with one attached hydrogen (secondary N) is 1.